The highest BCUT2D eigenvalue weighted by molar-refractivity contribution is 6.31. The molecule has 0 saturated carbocycles. The molecule has 3 heterocycles. The quantitative estimate of drug-likeness (QED) is 0.190. The second-order valence-corrected chi connectivity index (χ2v) is 10.2. The van der Waals surface area contributed by atoms with E-state index >= 15 is 0 Å². The number of pyridine rings is 1. The number of carbonyl (C=O) groups excluding carboxylic acids is 2. The van der Waals surface area contributed by atoms with Crippen LogP contribution in [0, 0.1) is 5.92 Å². The van der Waals surface area contributed by atoms with Crippen molar-refractivity contribution in [3.63, 3.8) is 0 Å². The Morgan fingerprint density at radius 1 is 1.19 bits per heavy atom. The summed E-state index contributed by atoms with van der Waals surface area (Å²) in [5, 5.41) is 3.47. The molecule has 1 aromatic heterocycles. The van der Waals surface area contributed by atoms with E-state index in [0.29, 0.717) is 46.7 Å². The number of aliphatic imine (C=N–C) groups is 1. The average Bonchev–Trinajstić information content (AvgIpc) is 3.39. The number of ether oxygens (including phenoxy) is 3. The molecule has 2 fully saturated rings. The predicted molar refractivity (Wildman–Crippen MR) is 169 cm³/mol. The van der Waals surface area contributed by atoms with Gasteiger partial charge in [-0.1, -0.05) is 31.5 Å². The topological polar surface area (TPSA) is 126 Å². The van der Waals surface area contributed by atoms with Crippen LogP contribution in [0.4, 0.5) is 11.5 Å². The summed E-state index contributed by atoms with van der Waals surface area (Å²) in [6, 6.07) is 3.84. The van der Waals surface area contributed by atoms with E-state index < -0.39 is 12.1 Å². The first-order valence-electron chi connectivity index (χ1n) is 14.4. The van der Waals surface area contributed by atoms with E-state index in [1.807, 2.05) is 45.1 Å². The largest absolute Gasteiger partial charge is 0.469 e. The maximum Gasteiger partial charge on any atom is 0.306 e. The SMILES string of the molecule is CC.COC(=O)CC1CCN(c2ccc(NC(=O)C3NNC(=N/C(C)=C/C=C(\C)OC4=CCC=C(Cl)C=C4)O3)cn2)CC1. The van der Waals surface area contributed by atoms with Crippen LogP contribution >= 0.6 is 11.6 Å². The zero-order chi connectivity index (χ0) is 31.2. The van der Waals surface area contributed by atoms with Crippen LogP contribution in [0.1, 0.15) is 53.4 Å². The van der Waals surface area contributed by atoms with Crippen LogP contribution < -0.4 is 21.1 Å². The Morgan fingerprint density at radius 2 is 1.95 bits per heavy atom. The lowest BCUT2D eigenvalue weighted by atomic mass is 9.93. The van der Waals surface area contributed by atoms with Gasteiger partial charge in [0.25, 0.3) is 5.91 Å². The number of halogens is 1. The van der Waals surface area contributed by atoms with Crippen LogP contribution in [-0.2, 0) is 23.8 Å². The number of allylic oxidation sites excluding steroid dienone is 9. The molecule has 1 unspecified atom stereocenters. The number of hydrazine groups is 1. The van der Waals surface area contributed by atoms with E-state index in [9.17, 15) is 9.59 Å². The van der Waals surface area contributed by atoms with E-state index in [1.165, 1.54) is 7.11 Å². The van der Waals surface area contributed by atoms with Gasteiger partial charge in [-0.15, -0.1) is 0 Å². The Labute approximate surface area is 258 Å². The lowest BCUT2D eigenvalue weighted by Crippen LogP contribution is -2.40. The number of esters is 1. The predicted octanol–water partition coefficient (Wildman–Crippen LogP) is 5.42. The van der Waals surface area contributed by atoms with Crippen LogP contribution in [0.25, 0.3) is 0 Å². The summed E-state index contributed by atoms with van der Waals surface area (Å²) in [5.41, 5.74) is 6.73. The third-order valence-corrected chi connectivity index (χ3v) is 6.85. The maximum absolute atomic E-state index is 12.7. The Balaban J connectivity index is 0.00000248. The number of amides is 1. The summed E-state index contributed by atoms with van der Waals surface area (Å²) < 4.78 is 16.2. The van der Waals surface area contributed by atoms with Crippen molar-refractivity contribution in [2.24, 2.45) is 10.9 Å². The Kier molecular flexibility index (Phi) is 13.3. The van der Waals surface area contributed by atoms with Crippen LogP contribution in [0.5, 0.6) is 0 Å². The zero-order valence-corrected chi connectivity index (χ0v) is 26.1. The van der Waals surface area contributed by atoms with Crippen molar-refractivity contribution in [2.75, 3.05) is 30.4 Å². The number of piperidine rings is 1. The number of amidine groups is 1. The smallest absolute Gasteiger partial charge is 0.306 e. The maximum atomic E-state index is 12.7. The number of methoxy groups -OCH3 is 1. The molecule has 1 aliphatic carbocycles. The molecule has 12 heteroatoms. The standard InChI is InChI=1S/C29H35ClN6O5.C2H6/c1-19(7-8-20(2)40-24-6-4-5-22(30)9-11-24)32-29-35-34-28(41-29)27(38)33-23-10-12-25(31-18-23)36-15-13-21(14-16-36)17-26(37)39-3;1-2/h5-12,18,21,28,34H,4,13-17H2,1-3H3,(H,32,35)(H,33,38);1-2H3/b19-7+,20-8+;. The van der Waals surface area contributed by atoms with Crippen LogP contribution in [0.3, 0.4) is 0 Å². The number of hydrogen-bond acceptors (Lipinski definition) is 9. The Morgan fingerprint density at radius 3 is 2.65 bits per heavy atom. The fourth-order valence-corrected chi connectivity index (χ4v) is 4.48. The van der Waals surface area contributed by atoms with E-state index in [4.69, 9.17) is 25.8 Å². The van der Waals surface area contributed by atoms with Gasteiger partial charge in [-0.3, -0.25) is 15.0 Å². The van der Waals surface area contributed by atoms with E-state index in [2.05, 4.69) is 31.0 Å². The second-order valence-electron chi connectivity index (χ2n) is 9.74. The number of aromatic nitrogens is 1. The Bertz CT molecular complexity index is 1290. The highest BCUT2D eigenvalue weighted by atomic mass is 35.5. The number of nitrogens with zero attached hydrogens (tertiary/aromatic N) is 3. The molecule has 1 amide bonds. The number of nitrogens with one attached hydrogen (secondary N) is 3. The third kappa shape index (κ3) is 10.9. The lowest BCUT2D eigenvalue weighted by molar-refractivity contribution is -0.141. The summed E-state index contributed by atoms with van der Waals surface area (Å²) >= 11 is 6.01. The number of rotatable bonds is 9. The molecule has 0 bridgehead atoms. The molecule has 232 valence electrons. The van der Waals surface area contributed by atoms with Crippen molar-refractivity contribution in [3.8, 4) is 0 Å². The molecule has 0 spiro atoms. The molecule has 3 aliphatic rings. The highest BCUT2D eigenvalue weighted by Gasteiger charge is 2.28. The van der Waals surface area contributed by atoms with Crippen molar-refractivity contribution in [2.45, 2.75) is 59.6 Å². The van der Waals surface area contributed by atoms with Crippen molar-refractivity contribution in [3.05, 3.63) is 77.0 Å². The minimum absolute atomic E-state index is 0.165. The van der Waals surface area contributed by atoms with Gasteiger partial charge < -0.3 is 24.4 Å². The van der Waals surface area contributed by atoms with Gasteiger partial charge in [0.1, 0.15) is 17.3 Å². The van der Waals surface area contributed by atoms with Gasteiger partial charge in [0.05, 0.1) is 19.0 Å². The van der Waals surface area contributed by atoms with E-state index in [-0.39, 0.29) is 12.0 Å². The number of hydrogen-bond donors (Lipinski definition) is 3. The second kappa shape index (κ2) is 17.1. The average molecular weight is 613 g/mol. The fourth-order valence-electron chi connectivity index (χ4n) is 4.33. The molecular formula is C31H41ClN6O5. The first-order valence-corrected chi connectivity index (χ1v) is 14.8. The molecule has 0 aromatic carbocycles. The molecule has 2 aliphatic heterocycles. The Hall–Kier alpha value is -4.09. The molecular weight excluding hydrogens is 572 g/mol. The summed E-state index contributed by atoms with van der Waals surface area (Å²) in [4.78, 5) is 35.2. The van der Waals surface area contributed by atoms with Crippen molar-refractivity contribution >= 4 is 41.0 Å². The van der Waals surface area contributed by atoms with Gasteiger partial charge in [-0.25, -0.2) is 9.98 Å². The van der Waals surface area contributed by atoms with Crippen molar-refractivity contribution in [1.82, 2.24) is 15.8 Å². The van der Waals surface area contributed by atoms with Crippen LogP contribution in [0.15, 0.2) is 82.0 Å². The van der Waals surface area contributed by atoms with Gasteiger partial charge in [-0.2, -0.15) is 5.43 Å². The zero-order valence-electron chi connectivity index (χ0n) is 25.4. The molecule has 2 saturated heterocycles. The third-order valence-electron chi connectivity index (χ3n) is 6.57. The minimum atomic E-state index is -0.968. The molecule has 1 aromatic rings. The first kappa shape index (κ1) is 33.4. The van der Waals surface area contributed by atoms with E-state index in [1.54, 1.807) is 37.4 Å². The molecule has 0 radical (unpaired) electrons. The lowest BCUT2D eigenvalue weighted by Gasteiger charge is -2.32. The fraction of sp³-hybridized carbons (Fsp3) is 0.419. The van der Waals surface area contributed by atoms with E-state index in [0.717, 1.165) is 31.7 Å². The van der Waals surface area contributed by atoms with Gasteiger partial charge >= 0.3 is 12.0 Å². The highest BCUT2D eigenvalue weighted by Crippen LogP contribution is 2.25. The van der Waals surface area contributed by atoms with Gasteiger partial charge in [0.2, 0.25) is 6.23 Å². The molecule has 11 nitrogen and oxygen atoms in total. The molecule has 3 N–H and O–H groups in total. The summed E-state index contributed by atoms with van der Waals surface area (Å²) in [5.74, 6) is 1.98. The van der Waals surface area contributed by atoms with Crippen LogP contribution in [0.2, 0.25) is 0 Å². The molecule has 4 rings (SSSR count). The molecule has 1 atom stereocenters. The summed E-state index contributed by atoms with van der Waals surface area (Å²) in [6.07, 6.45) is 14.6. The monoisotopic (exact) mass is 612 g/mol. The first-order chi connectivity index (χ1) is 20.8. The van der Waals surface area contributed by atoms with Crippen LogP contribution in [-0.4, -0.2) is 49.3 Å². The normalized spacial score (nSPS) is 20.1. The number of anilines is 2. The summed E-state index contributed by atoms with van der Waals surface area (Å²) in [7, 11) is 1.42. The van der Waals surface area contributed by atoms with Crippen molar-refractivity contribution < 1.29 is 23.8 Å². The summed E-state index contributed by atoms with van der Waals surface area (Å²) in [6.45, 7) is 9.27. The van der Waals surface area contributed by atoms with Gasteiger partial charge in [0, 0.05) is 30.2 Å². The van der Waals surface area contributed by atoms with Gasteiger partial charge in [0.15, 0.2) is 0 Å². The van der Waals surface area contributed by atoms with Crippen molar-refractivity contribution in [1.29, 1.82) is 0 Å². The minimum Gasteiger partial charge on any atom is -0.469 e. The number of carbonyl (C=O) groups is 2. The van der Waals surface area contributed by atoms with Gasteiger partial charge in [-0.05, 0) is 81.5 Å². The molecule has 43 heavy (non-hydrogen) atoms.